The third-order valence-corrected chi connectivity index (χ3v) is 2.68. The van der Waals surface area contributed by atoms with Crippen molar-refractivity contribution in [2.75, 3.05) is 4.90 Å². The van der Waals surface area contributed by atoms with E-state index >= 15 is 0 Å². The van der Waals surface area contributed by atoms with Crippen molar-refractivity contribution in [1.29, 1.82) is 0 Å². The molecule has 0 aromatic carbocycles. The van der Waals surface area contributed by atoms with Gasteiger partial charge in [0.05, 0.1) is 6.20 Å². The zero-order valence-corrected chi connectivity index (χ0v) is 9.06. The van der Waals surface area contributed by atoms with Gasteiger partial charge in [0.1, 0.15) is 5.82 Å². The number of amides is 2. The van der Waals surface area contributed by atoms with E-state index in [1.165, 1.54) is 6.20 Å². The highest BCUT2D eigenvalue weighted by molar-refractivity contribution is 6.16. The molecule has 2 amide bonds. The predicted octanol–water partition coefficient (Wildman–Crippen LogP) is 0.158. The summed E-state index contributed by atoms with van der Waals surface area (Å²) in [4.78, 5) is 24.8. The van der Waals surface area contributed by atoms with Crippen molar-refractivity contribution >= 4 is 17.6 Å². The molecule has 1 aromatic heterocycles. The third-order valence-electron chi connectivity index (χ3n) is 2.68. The van der Waals surface area contributed by atoms with E-state index in [0.717, 1.165) is 4.90 Å². The number of carbonyl (C=O) groups excluding carboxylic acids is 2. The van der Waals surface area contributed by atoms with Crippen LogP contribution >= 0.6 is 0 Å². The van der Waals surface area contributed by atoms with Crippen LogP contribution < -0.4 is 10.6 Å². The maximum Gasteiger partial charge on any atom is 0.235 e. The molecule has 0 atom stereocenters. The number of hydrogen-bond acceptors (Lipinski definition) is 4. The van der Waals surface area contributed by atoms with E-state index in [1.54, 1.807) is 0 Å². The zero-order valence-electron chi connectivity index (χ0n) is 9.06. The van der Waals surface area contributed by atoms with Gasteiger partial charge < -0.3 is 5.73 Å². The van der Waals surface area contributed by atoms with Crippen molar-refractivity contribution in [2.45, 2.75) is 26.3 Å². The molecule has 2 rings (SSSR count). The van der Waals surface area contributed by atoms with Gasteiger partial charge in [0.15, 0.2) is 0 Å². The number of rotatable bonds is 2. The SMILES string of the molecule is CC1CC(=O)N(c2[nH]ncc2CN)C(=O)C1. The molecule has 0 spiro atoms. The molecule has 6 heteroatoms. The second-order valence-electron chi connectivity index (χ2n) is 4.08. The van der Waals surface area contributed by atoms with Crippen LogP contribution in [0, 0.1) is 5.92 Å². The van der Waals surface area contributed by atoms with Crippen LogP contribution in [0.5, 0.6) is 0 Å². The van der Waals surface area contributed by atoms with E-state index in [-0.39, 0.29) is 24.3 Å². The van der Waals surface area contributed by atoms with E-state index in [4.69, 9.17) is 5.73 Å². The maximum atomic E-state index is 11.8. The molecule has 1 aliphatic heterocycles. The summed E-state index contributed by atoms with van der Waals surface area (Å²) in [6.45, 7) is 2.14. The van der Waals surface area contributed by atoms with Gasteiger partial charge in [0.25, 0.3) is 0 Å². The Hall–Kier alpha value is -1.69. The number of H-pyrrole nitrogens is 1. The van der Waals surface area contributed by atoms with Gasteiger partial charge in [0.2, 0.25) is 11.8 Å². The Balaban J connectivity index is 2.33. The second kappa shape index (κ2) is 4.05. The lowest BCUT2D eigenvalue weighted by Gasteiger charge is -2.27. The van der Waals surface area contributed by atoms with E-state index in [1.807, 2.05) is 6.92 Å². The summed E-state index contributed by atoms with van der Waals surface area (Å²) in [6.07, 6.45) is 2.30. The van der Waals surface area contributed by atoms with Gasteiger partial charge in [-0.3, -0.25) is 14.7 Å². The highest BCUT2D eigenvalue weighted by Gasteiger charge is 2.33. The molecule has 1 aromatic rings. The van der Waals surface area contributed by atoms with Crippen LogP contribution in [0.4, 0.5) is 5.82 Å². The quantitative estimate of drug-likeness (QED) is 0.697. The van der Waals surface area contributed by atoms with Gasteiger partial charge in [-0.15, -0.1) is 0 Å². The van der Waals surface area contributed by atoms with Crippen LogP contribution in [0.1, 0.15) is 25.3 Å². The fraction of sp³-hybridized carbons (Fsp3) is 0.500. The number of imide groups is 1. The number of nitrogens with zero attached hydrogens (tertiary/aromatic N) is 2. The van der Waals surface area contributed by atoms with Crippen LogP contribution in [0.25, 0.3) is 0 Å². The Morgan fingerprint density at radius 2 is 2.12 bits per heavy atom. The molecule has 86 valence electrons. The average Bonchev–Trinajstić information content (AvgIpc) is 2.64. The first-order chi connectivity index (χ1) is 7.63. The van der Waals surface area contributed by atoms with Crippen LogP contribution in [0.15, 0.2) is 6.20 Å². The van der Waals surface area contributed by atoms with Crippen molar-refractivity contribution in [3.8, 4) is 0 Å². The Kier molecular flexibility index (Phi) is 2.74. The van der Waals surface area contributed by atoms with Crippen molar-refractivity contribution < 1.29 is 9.59 Å². The summed E-state index contributed by atoms with van der Waals surface area (Å²) in [5.41, 5.74) is 6.19. The number of nitrogens with two attached hydrogens (primary N) is 1. The first-order valence-corrected chi connectivity index (χ1v) is 5.21. The number of aromatic amines is 1. The first kappa shape index (κ1) is 10.8. The van der Waals surface area contributed by atoms with E-state index < -0.39 is 0 Å². The molecule has 3 N–H and O–H groups in total. The Morgan fingerprint density at radius 1 is 1.50 bits per heavy atom. The Labute approximate surface area is 92.8 Å². The number of nitrogens with one attached hydrogen (secondary N) is 1. The topological polar surface area (TPSA) is 92.1 Å². The molecule has 0 unspecified atom stereocenters. The normalized spacial score (nSPS) is 18.2. The number of carbonyl (C=O) groups is 2. The highest BCUT2D eigenvalue weighted by atomic mass is 16.2. The molecule has 0 saturated carbocycles. The van der Waals surface area contributed by atoms with Gasteiger partial charge >= 0.3 is 0 Å². The number of piperidine rings is 1. The number of anilines is 1. The molecule has 1 saturated heterocycles. The lowest BCUT2D eigenvalue weighted by Crippen LogP contribution is -2.43. The lowest BCUT2D eigenvalue weighted by molar-refractivity contribution is -0.130. The molecule has 1 fully saturated rings. The van der Waals surface area contributed by atoms with Crippen molar-refractivity contribution in [3.63, 3.8) is 0 Å². The summed E-state index contributed by atoms with van der Waals surface area (Å²) in [6, 6.07) is 0. The largest absolute Gasteiger partial charge is 0.326 e. The molecular formula is C10H14N4O2. The first-order valence-electron chi connectivity index (χ1n) is 5.21. The van der Waals surface area contributed by atoms with Gasteiger partial charge in [-0.1, -0.05) is 6.92 Å². The summed E-state index contributed by atoms with van der Waals surface area (Å²) >= 11 is 0. The van der Waals surface area contributed by atoms with Crippen molar-refractivity contribution in [3.05, 3.63) is 11.8 Å². The van der Waals surface area contributed by atoms with Crippen LogP contribution in [-0.2, 0) is 16.1 Å². The van der Waals surface area contributed by atoms with Crippen LogP contribution in [0.3, 0.4) is 0 Å². The number of aromatic nitrogens is 2. The molecule has 1 aliphatic rings. The summed E-state index contributed by atoms with van der Waals surface area (Å²) in [5, 5.41) is 6.46. The summed E-state index contributed by atoms with van der Waals surface area (Å²) < 4.78 is 0. The van der Waals surface area contributed by atoms with E-state index in [0.29, 0.717) is 24.2 Å². The Bertz CT molecular complexity index is 408. The minimum absolute atomic E-state index is 0.112. The third kappa shape index (κ3) is 1.71. The Morgan fingerprint density at radius 3 is 2.69 bits per heavy atom. The van der Waals surface area contributed by atoms with Crippen molar-refractivity contribution in [1.82, 2.24) is 10.2 Å². The van der Waals surface area contributed by atoms with Gasteiger partial charge in [-0.25, -0.2) is 4.90 Å². The van der Waals surface area contributed by atoms with Gasteiger partial charge in [-0.2, -0.15) is 5.10 Å². The molecular weight excluding hydrogens is 208 g/mol. The molecule has 2 heterocycles. The molecule has 6 nitrogen and oxygen atoms in total. The minimum Gasteiger partial charge on any atom is -0.326 e. The molecule has 0 aliphatic carbocycles. The van der Waals surface area contributed by atoms with E-state index in [9.17, 15) is 9.59 Å². The van der Waals surface area contributed by atoms with E-state index in [2.05, 4.69) is 10.2 Å². The maximum absolute atomic E-state index is 11.8. The highest BCUT2D eigenvalue weighted by Crippen LogP contribution is 2.25. The molecule has 0 radical (unpaired) electrons. The molecule has 0 bridgehead atoms. The van der Waals surface area contributed by atoms with Crippen molar-refractivity contribution in [2.24, 2.45) is 11.7 Å². The van der Waals surface area contributed by atoms with Crippen LogP contribution in [0.2, 0.25) is 0 Å². The smallest absolute Gasteiger partial charge is 0.235 e. The predicted molar refractivity (Wildman–Crippen MR) is 57.4 cm³/mol. The summed E-state index contributed by atoms with van der Waals surface area (Å²) in [5.74, 6) is 0.148. The second-order valence-corrected chi connectivity index (χ2v) is 4.08. The lowest BCUT2D eigenvalue weighted by atomic mass is 9.97. The monoisotopic (exact) mass is 222 g/mol. The fourth-order valence-corrected chi connectivity index (χ4v) is 1.89. The average molecular weight is 222 g/mol. The molecule has 16 heavy (non-hydrogen) atoms. The minimum atomic E-state index is -0.192. The standard InChI is InChI=1S/C10H14N4O2/c1-6-2-8(15)14(9(16)3-6)10-7(4-11)5-12-13-10/h5-6H,2-4,11H2,1H3,(H,12,13). The zero-order chi connectivity index (χ0) is 11.7. The van der Waals surface area contributed by atoms with Gasteiger partial charge in [-0.05, 0) is 5.92 Å². The number of hydrogen-bond donors (Lipinski definition) is 2. The van der Waals surface area contributed by atoms with Gasteiger partial charge in [0, 0.05) is 24.9 Å². The summed E-state index contributed by atoms with van der Waals surface area (Å²) in [7, 11) is 0. The van der Waals surface area contributed by atoms with Crippen LogP contribution in [-0.4, -0.2) is 22.0 Å². The fourth-order valence-electron chi connectivity index (χ4n) is 1.89.